The van der Waals surface area contributed by atoms with E-state index in [1.54, 1.807) is 6.66 Å². The highest BCUT2D eigenvalue weighted by Gasteiger charge is 2.12. The molecule has 1 rings (SSSR count). The molecule has 0 spiro atoms. The Labute approximate surface area is 103 Å². The molecule has 1 aromatic carbocycles. The fourth-order valence-corrected chi connectivity index (χ4v) is 2.73. The number of nitrogens with zero attached hydrogens (tertiary/aromatic N) is 1. The van der Waals surface area contributed by atoms with Gasteiger partial charge in [0.05, 0.1) is 13.2 Å². The summed E-state index contributed by atoms with van der Waals surface area (Å²) < 4.78 is 17.0. The van der Waals surface area contributed by atoms with Gasteiger partial charge in [-0.25, -0.2) is 0 Å². The van der Waals surface area contributed by atoms with Gasteiger partial charge >= 0.3 is 0 Å². The van der Waals surface area contributed by atoms with Crippen molar-refractivity contribution >= 4 is 13.6 Å². The molecule has 0 aromatic heterocycles. The minimum atomic E-state index is -2.40. The third-order valence-electron chi connectivity index (χ3n) is 2.31. The molecule has 1 aromatic rings. The number of rotatable bonds is 7. The van der Waals surface area contributed by atoms with Crippen LogP contribution in [0.3, 0.4) is 0 Å². The van der Waals surface area contributed by atoms with Gasteiger partial charge in [0, 0.05) is 12.8 Å². The van der Waals surface area contributed by atoms with E-state index >= 15 is 0 Å². The van der Waals surface area contributed by atoms with E-state index in [9.17, 15) is 4.57 Å². The summed E-state index contributed by atoms with van der Waals surface area (Å²) in [5.74, 6) is 0. The molecular weight excluding hydrogens is 233 g/mol. The zero-order valence-electron chi connectivity index (χ0n) is 10.5. The molecule has 0 amide bonds. The van der Waals surface area contributed by atoms with Gasteiger partial charge in [0.25, 0.3) is 0 Å². The smallest absolute Gasteiger partial charge is 0.200 e. The maximum Gasteiger partial charge on any atom is 0.200 e. The van der Waals surface area contributed by atoms with Gasteiger partial charge in [-0.15, -0.1) is 0 Å². The molecule has 0 fully saturated rings. The van der Waals surface area contributed by atoms with Crippen LogP contribution in [0.5, 0.6) is 0 Å². The summed E-state index contributed by atoms with van der Waals surface area (Å²) in [6.07, 6.45) is 3.11. The second kappa shape index (κ2) is 7.41. The molecule has 3 nitrogen and oxygen atoms in total. The van der Waals surface area contributed by atoms with Crippen LogP contribution in [-0.4, -0.2) is 25.6 Å². The highest BCUT2D eigenvalue weighted by atomic mass is 31.2. The van der Waals surface area contributed by atoms with Crippen LogP contribution in [0.2, 0.25) is 0 Å². The molecule has 0 saturated heterocycles. The van der Waals surface area contributed by atoms with Gasteiger partial charge in [-0.05, 0) is 25.1 Å². The Balaban J connectivity index is 2.25. The summed E-state index contributed by atoms with van der Waals surface area (Å²) >= 11 is 0. The molecule has 0 aliphatic rings. The summed E-state index contributed by atoms with van der Waals surface area (Å²) in [6, 6.07) is 10.1. The van der Waals surface area contributed by atoms with Crippen molar-refractivity contribution in [2.75, 3.05) is 19.4 Å². The highest BCUT2D eigenvalue weighted by molar-refractivity contribution is 7.58. The maximum absolute atomic E-state index is 11.8. The average molecular weight is 253 g/mol. The molecule has 4 heteroatoms. The van der Waals surface area contributed by atoms with Gasteiger partial charge in [0.2, 0.25) is 7.37 Å². The van der Waals surface area contributed by atoms with Crippen LogP contribution < -0.4 is 0 Å². The first-order chi connectivity index (χ1) is 8.14. The van der Waals surface area contributed by atoms with E-state index < -0.39 is 7.37 Å². The summed E-state index contributed by atoms with van der Waals surface area (Å²) in [4.78, 5) is 4.30. The Bertz CT molecular complexity index is 390. The predicted molar refractivity (Wildman–Crippen MR) is 73.3 cm³/mol. The van der Waals surface area contributed by atoms with Gasteiger partial charge in [-0.1, -0.05) is 30.3 Å². The lowest BCUT2D eigenvalue weighted by Crippen LogP contribution is -1.94. The fraction of sp³-hybridized carbons (Fsp3) is 0.462. The van der Waals surface area contributed by atoms with Gasteiger partial charge in [0.15, 0.2) is 0 Å². The van der Waals surface area contributed by atoms with Crippen LogP contribution >= 0.6 is 7.37 Å². The van der Waals surface area contributed by atoms with Crippen LogP contribution in [0.4, 0.5) is 0 Å². The van der Waals surface area contributed by atoms with Gasteiger partial charge in [-0.2, -0.15) is 0 Å². The molecule has 0 saturated carbocycles. The molecule has 17 heavy (non-hydrogen) atoms. The standard InChI is InChI=1S/C13H20NO2P/c1-3-16-17(2,15)11-7-10-14-12-13-8-5-4-6-9-13/h4-6,8-10H,3,7,11-12H2,1-2H3. The molecule has 1 atom stereocenters. The minimum absolute atomic E-state index is 0.509. The third-order valence-corrected chi connectivity index (χ3v) is 4.19. The van der Waals surface area contributed by atoms with E-state index in [1.165, 1.54) is 5.56 Å². The van der Waals surface area contributed by atoms with Crippen LogP contribution in [0.25, 0.3) is 0 Å². The first-order valence-electron chi connectivity index (χ1n) is 5.87. The lowest BCUT2D eigenvalue weighted by atomic mass is 10.2. The summed E-state index contributed by atoms with van der Waals surface area (Å²) in [5.41, 5.74) is 1.19. The van der Waals surface area contributed by atoms with Crippen LogP contribution in [0.15, 0.2) is 35.3 Å². The molecule has 0 aliphatic heterocycles. The molecule has 0 N–H and O–H groups in total. The van der Waals surface area contributed by atoms with E-state index in [1.807, 2.05) is 43.5 Å². The third kappa shape index (κ3) is 6.40. The highest BCUT2D eigenvalue weighted by Crippen LogP contribution is 2.42. The Kier molecular flexibility index (Phi) is 6.17. The van der Waals surface area contributed by atoms with Crippen LogP contribution in [0.1, 0.15) is 18.9 Å². The van der Waals surface area contributed by atoms with E-state index in [0.29, 0.717) is 25.7 Å². The Morgan fingerprint density at radius 2 is 2.06 bits per heavy atom. The van der Waals surface area contributed by atoms with Crippen molar-refractivity contribution in [3.63, 3.8) is 0 Å². The van der Waals surface area contributed by atoms with Crippen LogP contribution in [0, 0.1) is 0 Å². The maximum atomic E-state index is 11.8. The second-order valence-corrected chi connectivity index (χ2v) is 6.69. The summed E-state index contributed by atoms with van der Waals surface area (Å²) in [6.45, 7) is 4.74. The number of benzene rings is 1. The SMILES string of the molecule is CCOP(C)(=O)CCC=NCc1ccccc1. The first-order valence-corrected chi connectivity index (χ1v) is 8.13. The van der Waals surface area contributed by atoms with Gasteiger partial charge in [-0.3, -0.25) is 9.56 Å². The predicted octanol–water partition coefficient (Wildman–Crippen LogP) is 3.59. The molecule has 0 bridgehead atoms. The second-order valence-electron chi connectivity index (χ2n) is 3.95. The number of aliphatic imine (C=N–C) groups is 1. The van der Waals surface area contributed by atoms with Crippen molar-refractivity contribution in [2.45, 2.75) is 19.9 Å². The van der Waals surface area contributed by atoms with E-state index in [4.69, 9.17) is 4.52 Å². The Hall–Kier alpha value is -0.920. The van der Waals surface area contributed by atoms with E-state index in [0.717, 1.165) is 0 Å². The first kappa shape index (κ1) is 14.1. The molecule has 1 unspecified atom stereocenters. The topological polar surface area (TPSA) is 38.7 Å². The van der Waals surface area contributed by atoms with Crippen molar-refractivity contribution in [2.24, 2.45) is 4.99 Å². The molecule has 0 radical (unpaired) electrons. The average Bonchev–Trinajstić information content (AvgIpc) is 2.30. The fourth-order valence-electron chi connectivity index (χ4n) is 1.47. The van der Waals surface area contributed by atoms with Crippen LogP contribution in [-0.2, 0) is 15.6 Å². The lowest BCUT2D eigenvalue weighted by molar-refractivity contribution is 0.337. The zero-order valence-corrected chi connectivity index (χ0v) is 11.4. The Morgan fingerprint density at radius 1 is 1.35 bits per heavy atom. The molecule has 0 aliphatic carbocycles. The summed E-state index contributed by atoms with van der Waals surface area (Å²) in [5, 5.41) is 0. The van der Waals surface area contributed by atoms with Gasteiger partial charge < -0.3 is 4.52 Å². The summed E-state index contributed by atoms with van der Waals surface area (Å²) in [7, 11) is -2.40. The quantitative estimate of drug-likeness (QED) is 0.550. The molecule has 94 valence electrons. The lowest BCUT2D eigenvalue weighted by Gasteiger charge is -2.10. The van der Waals surface area contributed by atoms with Crippen molar-refractivity contribution in [3.05, 3.63) is 35.9 Å². The van der Waals surface area contributed by atoms with E-state index in [2.05, 4.69) is 4.99 Å². The van der Waals surface area contributed by atoms with Crippen molar-refractivity contribution in [1.82, 2.24) is 0 Å². The number of hydrogen-bond donors (Lipinski definition) is 0. The number of hydrogen-bond acceptors (Lipinski definition) is 3. The normalized spacial score (nSPS) is 14.9. The molecular formula is C13H20NO2P. The van der Waals surface area contributed by atoms with E-state index in [-0.39, 0.29) is 0 Å². The Morgan fingerprint density at radius 3 is 2.71 bits per heavy atom. The molecule has 0 heterocycles. The largest absolute Gasteiger partial charge is 0.329 e. The monoisotopic (exact) mass is 253 g/mol. The van der Waals surface area contributed by atoms with Gasteiger partial charge in [0.1, 0.15) is 0 Å². The van der Waals surface area contributed by atoms with Crippen molar-refractivity contribution in [1.29, 1.82) is 0 Å². The zero-order chi connectivity index (χ0) is 12.6. The van der Waals surface area contributed by atoms with Crippen molar-refractivity contribution in [3.8, 4) is 0 Å². The minimum Gasteiger partial charge on any atom is -0.329 e. The van der Waals surface area contributed by atoms with Crippen molar-refractivity contribution < 1.29 is 9.09 Å².